The molecule has 0 aromatic heterocycles. The molecule has 0 saturated heterocycles. The second-order valence-corrected chi connectivity index (χ2v) is 3.81. The third-order valence-electron chi connectivity index (χ3n) is 1.97. The van der Waals surface area contributed by atoms with Crippen LogP contribution >= 0.6 is 0 Å². The minimum absolute atomic E-state index is 0.612. The highest BCUT2D eigenvalue weighted by atomic mass is 16.5. The maximum absolute atomic E-state index is 5.39. The van der Waals surface area contributed by atoms with Crippen LogP contribution in [0.25, 0.3) is 0 Å². The van der Waals surface area contributed by atoms with Gasteiger partial charge in [-0.1, -0.05) is 26.0 Å². The summed E-state index contributed by atoms with van der Waals surface area (Å²) >= 11 is 0. The van der Waals surface area contributed by atoms with Crippen LogP contribution in [0.15, 0.2) is 12.2 Å². The van der Waals surface area contributed by atoms with Crippen LogP contribution in [0.4, 0.5) is 0 Å². The number of ether oxygens (including phenoxy) is 1. The Morgan fingerprint density at radius 2 is 2.00 bits per heavy atom. The maximum Gasteiger partial charge on any atom is 0.0647 e. The molecule has 0 fully saturated rings. The van der Waals surface area contributed by atoms with Crippen molar-refractivity contribution in [1.82, 2.24) is 5.32 Å². The van der Waals surface area contributed by atoms with Gasteiger partial charge in [-0.3, -0.25) is 0 Å². The number of allylic oxidation sites excluding steroid dienone is 1. The van der Waals surface area contributed by atoms with E-state index in [9.17, 15) is 0 Å². The molecule has 2 heteroatoms. The smallest absolute Gasteiger partial charge is 0.0647 e. The summed E-state index contributed by atoms with van der Waals surface area (Å²) in [6.45, 7) is 9.17. The van der Waals surface area contributed by atoms with Gasteiger partial charge in [-0.25, -0.2) is 0 Å². The van der Waals surface area contributed by atoms with Gasteiger partial charge in [0, 0.05) is 12.6 Å². The molecule has 0 aliphatic carbocycles. The summed E-state index contributed by atoms with van der Waals surface area (Å²) in [5.74, 6) is 0. The third-order valence-corrected chi connectivity index (χ3v) is 1.97. The molecule has 0 saturated carbocycles. The van der Waals surface area contributed by atoms with E-state index in [1.165, 1.54) is 19.3 Å². The number of hydrogen-bond donors (Lipinski definition) is 1. The average Bonchev–Trinajstić information content (AvgIpc) is 2.15. The van der Waals surface area contributed by atoms with Crippen LogP contribution in [0.3, 0.4) is 0 Å². The minimum atomic E-state index is 0.612. The van der Waals surface area contributed by atoms with Crippen molar-refractivity contribution in [2.24, 2.45) is 0 Å². The predicted octanol–water partition coefficient (Wildman–Crippen LogP) is 2.75. The summed E-state index contributed by atoms with van der Waals surface area (Å²) in [4.78, 5) is 0. The molecule has 0 aliphatic heterocycles. The van der Waals surface area contributed by atoms with E-state index in [1.807, 2.05) is 19.1 Å². The van der Waals surface area contributed by atoms with Crippen LogP contribution in [0.2, 0.25) is 0 Å². The molecule has 0 heterocycles. The van der Waals surface area contributed by atoms with Gasteiger partial charge in [0.05, 0.1) is 6.61 Å². The molecule has 0 spiro atoms. The van der Waals surface area contributed by atoms with Crippen molar-refractivity contribution in [3.8, 4) is 0 Å². The standard InChI is InChI=1S/C12H25NO/c1-4-5-10-14-11-8-6-7-9-13-12(2)3/h4-5,12-13H,6-11H2,1-3H3. The Labute approximate surface area is 88.7 Å². The van der Waals surface area contributed by atoms with E-state index in [1.54, 1.807) is 0 Å². The minimum Gasteiger partial charge on any atom is -0.377 e. The van der Waals surface area contributed by atoms with Gasteiger partial charge in [-0.2, -0.15) is 0 Å². The molecule has 0 radical (unpaired) electrons. The molecule has 1 N–H and O–H groups in total. The molecule has 0 aromatic carbocycles. The van der Waals surface area contributed by atoms with E-state index in [0.29, 0.717) is 6.04 Å². The molecule has 0 amide bonds. The fourth-order valence-corrected chi connectivity index (χ4v) is 1.14. The Hall–Kier alpha value is -0.340. The van der Waals surface area contributed by atoms with Crippen molar-refractivity contribution in [2.45, 2.75) is 46.1 Å². The first-order valence-electron chi connectivity index (χ1n) is 5.69. The van der Waals surface area contributed by atoms with Crippen LogP contribution in [0.5, 0.6) is 0 Å². The summed E-state index contributed by atoms with van der Waals surface area (Å²) in [5, 5.41) is 3.40. The topological polar surface area (TPSA) is 21.3 Å². The van der Waals surface area contributed by atoms with Gasteiger partial charge in [-0.15, -0.1) is 0 Å². The lowest BCUT2D eigenvalue weighted by Gasteiger charge is -2.07. The molecule has 0 rings (SSSR count). The highest BCUT2D eigenvalue weighted by molar-refractivity contribution is 4.75. The molecular weight excluding hydrogens is 174 g/mol. The van der Waals surface area contributed by atoms with Gasteiger partial charge >= 0.3 is 0 Å². The molecule has 0 atom stereocenters. The number of nitrogens with one attached hydrogen (secondary N) is 1. The maximum atomic E-state index is 5.39. The summed E-state index contributed by atoms with van der Waals surface area (Å²) < 4.78 is 5.39. The van der Waals surface area contributed by atoms with Crippen molar-refractivity contribution < 1.29 is 4.74 Å². The van der Waals surface area contributed by atoms with Gasteiger partial charge in [0.1, 0.15) is 0 Å². The van der Waals surface area contributed by atoms with Crippen LogP contribution in [0.1, 0.15) is 40.0 Å². The lowest BCUT2D eigenvalue weighted by atomic mass is 10.2. The molecule has 14 heavy (non-hydrogen) atoms. The molecule has 84 valence electrons. The van der Waals surface area contributed by atoms with Gasteiger partial charge in [0.25, 0.3) is 0 Å². The zero-order valence-corrected chi connectivity index (χ0v) is 9.88. The monoisotopic (exact) mass is 199 g/mol. The SMILES string of the molecule is CC=CCOCCCCCNC(C)C. The zero-order chi connectivity index (χ0) is 10.6. The Balaban J connectivity index is 2.92. The summed E-state index contributed by atoms with van der Waals surface area (Å²) in [6.07, 6.45) is 7.75. The van der Waals surface area contributed by atoms with Crippen LogP contribution in [-0.2, 0) is 4.74 Å². The van der Waals surface area contributed by atoms with Crippen molar-refractivity contribution in [3.63, 3.8) is 0 Å². The van der Waals surface area contributed by atoms with Crippen LogP contribution in [0, 0.1) is 0 Å². The van der Waals surface area contributed by atoms with Crippen LogP contribution in [-0.4, -0.2) is 25.8 Å². The molecule has 0 aromatic rings. The highest BCUT2D eigenvalue weighted by Gasteiger charge is 1.92. The quantitative estimate of drug-likeness (QED) is 0.455. The molecular formula is C12H25NO. The molecule has 2 nitrogen and oxygen atoms in total. The van der Waals surface area contributed by atoms with Crippen molar-refractivity contribution >= 4 is 0 Å². The van der Waals surface area contributed by atoms with Crippen LogP contribution < -0.4 is 5.32 Å². The number of unbranched alkanes of at least 4 members (excludes halogenated alkanes) is 2. The number of rotatable bonds is 9. The average molecular weight is 199 g/mol. The Morgan fingerprint density at radius 1 is 1.21 bits per heavy atom. The first kappa shape index (κ1) is 13.7. The molecule has 0 aliphatic rings. The largest absolute Gasteiger partial charge is 0.377 e. The second kappa shape index (κ2) is 10.7. The van der Waals surface area contributed by atoms with Gasteiger partial charge in [0.2, 0.25) is 0 Å². The normalized spacial score (nSPS) is 11.7. The van der Waals surface area contributed by atoms with E-state index in [4.69, 9.17) is 4.74 Å². The Kier molecular flexibility index (Phi) is 10.5. The van der Waals surface area contributed by atoms with Crippen molar-refractivity contribution in [3.05, 3.63) is 12.2 Å². The fourth-order valence-electron chi connectivity index (χ4n) is 1.14. The molecule has 0 unspecified atom stereocenters. The second-order valence-electron chi connectivity index (χ2n) is 3.81. The zero-order valence-electron chi connectivity index (χ0n) is 9.88. The fraction of sp³-hybridized carbons (Fsp3) is 0.833. The third kappa shape index (κ3) is 11.7. The first-order chi connectivity index (χ1) is 6.77. The Bertz CT molecular complexity index is 132. The summed E-state index contributed by atoms with van der Waals surface area (Å²) in [5.41, 5.74) is 0. The Morgan fingerprint density at radius 3 is 2.64 bits per heavy atom. The number of hydrogen-bond acceptors (Lipinski definition) is 2. The summed E-state index contributed by atoms with van der Waals surface area (Å²) in [7, 11) is 0. The van der Waals surface area contributed by atoms with E-state index in [-0.39, 0.29) is 0 Å². The van der Waals surface area contributed by atoms with Gasteiger partial charge in [-0.05, 0) is 32.7 Å². The predicted molar refractivity (Wildman–Crippen MR) is 62.6 cm³/mol. The van der Waals surface area contributed by atoms with Gasteiger partial charge in [0.15, 0.2) is 0 Å². The van der Waals surface area contributed by atoms with E-state index < -0.39 is 0 Å². The van der Waals surface area contributed by atoms with E-state index in [2.05, 4.69) is 19.2 Å². The van der Waals surface area contributed by atoms with Crippen molar-refractivity contribution in [1.29, 1.82) is 0 Å². The lowest BCUT2D eigenvalue weighted by Crippen LogP contribution is -2.23. The lowest BCUT2D eigenvalue weighted by molar-refractivity contribution is 0.157. The van der Waals surface area contributed by atoms with E-state index in [0.717, 1.165) is 19.8 Å². The van der Waals surface area contributed by atoms with Crippen molar-refractivity contribution in [2.75, 3.05) is 19.8 Å². The van der Waals surface area contributed by atoms with E-state index >= 15 is 0 Å². The summed E-state index contributed by atoms with van der Waals surface area (Å²) in [6, 6.07) is 0.612. The first-order valence-corrected chi connectivity index (χ1v) is 5.69. The highest BCUT2D eigenvalue weighted by Crippen LogP contribution is 1.95. The molecule has 0 bridgehead atoms. The van der Waals surface area contributed by atoms with Gasteiger partial charge < -0.3 is 10.1 Å².